The Hall–Kier alpha value is -2.88. The number of hydrogen-bond donors (Lipinski definition) is 2. The molecular formula is C13H10FN3O3. The van der Waals surface area contributed by atoms with Crippen molar-refractivity contribution in [1.82, 2.24) is 10.2 Å². The van der Waals surface area contributed by atoms with E-state index in [9.17, 15) is 19.2 Å². The minimum Gasteiger partial charge on any atom is -0.465 e. The van der Waals surface area contributed by atoms with Crippen molar-refractivity contribution < 1.29 is 19.1 Å². The predicted octanol–water partition coefficient (Wildman–Crippen LogP) is 2.37. The van der Waals surface area contributed by atoms with Crippen LogP contribution >= 0.6 is 0 Å². The molecule has 0 saturated heterocycles. The highest BCUT2D eigenvalue weighted by atomic mass is 19.1. The number of allylic oxidation sites excluding steroid dienone is 1. The van der Waals surface area contributed by atoms with Crippen LogP contribution in [0, 0.1) is 17.1 Å². The van der Waals surface area contributed by atoms with E-state index in [0.29, 0.717) is 4.90 Å². The fraction of sp³-hybridized carbons (Fsp3) is 0.154. The molecule has 2 N–H and O–H groups in total. The molecule has 0 fully saturated rings. The van der Waals surface area contributed by atoms with E-state index in [0.717, 1.165) is 6.07 Å². The summed E-state index contributed by atoms with van der Waals surface area (Å²) in [6, 6.07) is 4.99. The maximum atomic E-state index is 13.3. The van der Waals surface area contributed by atoms with E-state index in [1.807, 2.05) is 6.07 Å². The number of carbonyl (C=O) groups excluding carboxylic acids is 1. The minimum absolute atomic E-state index is 0.0533. The molecule has 1 heterocycles. The van der Waals surface area contributed by atoms with Crippen molar-refractivity contribution in [3.8, 4) is 6.07 Å². The first-order valence-electron chi connectivity index (χ1n) is 5.65. The molecule has 0 aliphatic carbocycles. The zero-order chi connectivity index (χ0) is 14.9. The number of nitrogens with zero attached hydrogens (tertiary/aromatic N) is 2. The summed E-state index contributed by atoms with van der Waals surface area (Å²) in [6.07, 6.45) is -1.52. The van der Waals surface area contributed by atoms with Gasteiger partial charge in [0.25, 0.3) is 0 Å². The largest absolute Gasteiger partial charge is 0.465 e. The number of carboxylic acid groups (broad SMARTS) is 1. The number of nitriles is 1. The summed E-state index contributed by atoms with van der Waals surface area (Å²) in [5.41, 5.74) is 0.528. The molecule has 3 amide bonds. The topological polar surface area (TPSA) is 93.4 Å². The van der Waals surface area contributed by atoms with E-state index in [4.69, 9.17) is 5.11 Å². The molecule has 0 radical (unpaired) electrons. The van der Waals surface area contributed by atoms with Crippen molar-refractivity contribution in [2.75, 3.05) is 0 Å². The van der Waals surface area contributed by atoms with Crippen LogP contribution in [0.3, 0.4) is 0 Å². The van der Waals surface area contributed by atoms with Gasteiger partial charge in [0.05, 0.1) is 11.6 Å². The average molecular weight is 275 g/mol. The van der Waals surface area contributed by atoms with Gasteiger partial charge in [-0.25, -0.2) is 18.9 Å². The molecule has 0 bridgehead atoms. The number of imide groups is 1. The molecule has 1 aromatic carbocycles. The van der Waals surface area contributed by atoms with Crippen molar-refractivity contribution in [1.29, 1.82) is 5.26 Å². The average Bonchev–Trinajstić information content (AvgIpc) is 2.37. The zero-order valence-corrected chi connectivity index (χ0v) is 10.4. The monoisotopic (exact) mass is 275 g/mol. The van der Waals surface area contributed by atoms with Crippen LogP contribution < -0.4 is 5.32 Å². The van der Waals surface area contributed by atoms with Crippen LogP contribution in [-0.4, -0.2) is 22.1 Å². The molecule has 1 unspecified atom stereocenters. The lowest BCUT2D eigenvalue weighted by molar-refractivity contribution is 0.136. The Labute approximate surface area is 113 Å². The van der Waals surface area contributed by atoms with E-state index < -0.39 is 24.0 Å². The van der Waals surface area contributed by atoms with Crippen molar-refractivity contribution >= 4 is 12.1 Å². The lowest BCUT2D eigenvalue weighted by atomic mass is 9.95. The Balaban J connectivity index is 2.64. The summed E-state index contributed by atoms with van der Waals surface area (Å²) in [6.45, 7) is 1.49. The highest BCUT2D eigenvalue weighted by Gasteiger charge is 2.38. The number of carbonyl (C=O) groups is 2. The third-order valence-corrected chi connectivity index (χ3v) is 2.94. The van der Waals surface area contributed by atoms with Gasteiger partial charge in [0.15, 0.2) is 0 Å². The summed E-state index contributed by atoms with van der Waals surface area (Å²) in [5, 5.41) is 20.6. The fourth-order valence-corrected chi connectivity index (χ4v) is 2.07. The Morgan fingerprint density at radius 3 is 2.80 bits per heavy atom. The Kier molecular flexibility index (Phi) is 3.39. The number of benzene rings is 1. The summed E-state index contributed by atoms with van der Waals surface area (Å²) in [7, 11) is 0. The van der Waals surface area contributed by atoms with Crippen LogP contribution in [0.15, 0.2) is 35.5 Å². The second-order valence-electron chi connectivity index (χ2n) is 4.19. The molecule has 7 heteroatoms. The minimum atomic E-state index is -1.52. The molecule has 20 heavy (non-hydrogen) atoms. The third kappa shape index (κ3) is 2.19. The molecule has 1 aliphatic heterocycles. The first-order chi connectivity index (χ1) is 9.45. The van der Waals surface area contributed by atoms with Crippen LogP contribution in [-0.2, 0) is 0 Å². The summed E-state index contributed by atoms with van der Waals surface area (Å²) >= 11 is 0. The van der Waals surface area contributed by atoms with Crippen LogP contribution in [0.2, 0.25) is 0 Å². The Morgan fingerprint density at radius 1 is 1.55 bits per heavy atom. The lowest BCUT2D eigenvalue weighted by Crippen LogP contribution is -2.49. The zero-order valence-electron chi connectivity index (χ0n) is 10.4. The second kappa shape index (κ2) is 5.01. The summed E-state index contributed by atoms with van der Waals surface area (Å²) in [4.78, 5) is 23.5. The van der Waals surface area contributed by atoms with Crippen molar-refractivity contribution in [3.05, 3.63) is 46.9 Å². The number of rotatable bonds is 1. The lowest BCUT2D eigenvalue weighted by Gasteiger charge is -2.32. The van der Waals surface area contributed by atoms with Gasteiger partial charge in [-0.15, -0.1) is 0 Å². The van der Waals surface area contributed by atoms with Gasteiger partial charge in [0, 0.05) is 5.70 Å². The highest BCUT2D eigenvalue weighted by Crippen LogP contribution is 2.33. The predicted molar refractivity (Wildman–Crippen MR) is 65.8 cm³/mol. The second-order valence-corrected chi connectivity index (χ2v) is 4.19. The molecule has 1 aromatic rings. The SMILES string of the molecule is CC1=C(C#N)C(c2cccc(F)c2)N(C(=O)O)C(=O)N1. The number of amides is 3. The van der Waals surface area contributed by atoms with Gasteiger partial charge in [-0.3, -0.25) is 0 Å². The van der Waals surface area contributed by atoms with Crippen molar-refractivity contribution in [3.63, 3.8) is 0 Å². The van der Waals surface area contributed by atoms with Gasteiger partial charge in [-0.2, -0.15) is 5.26 Å². The third-order valence-electron chi connectivity index (χ3n) is 2.94. The van der Waals surface area contributed by atoms with Gasteiger partial charge in [0.2, 0.25) is 0 Å². The highest BCUT2D eigenvalue weighted by molar-refractivity contribution is 5.93. The molecular weight excluding hydrogens is 265 g/mol. The van der Waals surface area contributed by atoms with Crippen molar-refractivity contribution in [2.24, 2.45) is 0 Å². The van der Waals surface area contributed by atoms with E-state index in [-0.39, 0.29) is 16.8 Å². The normalized spacial score (nSPS) is 18.6. The van der Waals surface area contributed by atoms with Gasteiger partial charge in [-0.1, -0.05) is 12.1 Å². The first-order valence-corrected chi connectivity index (χ1v) is 5.65. The van der Waals surface area contributed by atoms with Crippen molar-refractivity contribution in [2.45, 2.75) is 13.0 Å². The number of hydrogen-bond acceptors (Lipinski definition) is 3. The molecule has 0 aromatic heterocycles. The standard InChI is InChI=1S/C13H10FN3O3/c1-7-10(6-15)11(8-3-2-4-9(14)5-8)17(13(19)20)12(18)16-7/h2-5,11H,1H3,(H,16,18)(H,19,20). The van der Waals surface area contributed by atoms with Gasteiger partial charge >= 0.3 is 12.1 Å². The fourth-order valence-electron chi connectivity index (χ4n) is 2.07. The quantitative estimate of drug-likeness (QED) is 0.822. The number of halogens is 1. The molecule has 1 aliphatic rings. The molecule has 2 rings (SSSR count). The first kappa shape index (κ1) is 13.5. The van der Waals surface area contributed by atoms with Crippen LogP contribution in [0.4, 0.5) is 14.0 Å². The van der Waals surface area contributed by atoms with Crippen LogP contribution in [0.25, 0.3) is 0 Å². The molecule has 102 valence electrons. The molecule has 1 atom stereocenters. The van der Waals surface area contributed by atoms with E-state index in [1.165, 1.54) is 25.1 Å². The van der Waals surface area contributed by atoms with Crippen LogP contribution in [0.1, 0.15) is 18.5 Å². The van der Waals surface area contributed by atoms with Gasteiger partial charge in [0.1, 0.15) is 11.9 Å². The van der Waals surface area contributed by atoms with E-state index in [2.05, 4.69) is 5.32 Å². The van der Waals surface area contributed by atoms with Gasteiger partial charge < -0.3 is 10.4 Å². The molecule has 6 nitrogen and oxygen atoms in total. The van der Waals surface area contributed by atoms with Gasteiger partial charge in [-0.05, 0) is 24.6 Å². The molecule has 0 spiro atoms. The maximum Gasteiger partial charge on any atom is 0.416 e. The van der Waals surface area contributed by atoms with E-state index in [1.54, 1.807) is 0 Å². The number of urea groups is 1. The summed E-state index contributed by atoms with van der Waals surface area (Å²) in [5.74, 6) is -0.575. The summed E-state index contributed by atoms with van der Waals surface area (Å²) < 4.78 is 13.3. The smallest absolute Gasteiger partial charge is 0.416 e. The van der Waals surface area contributed by atoms with Crippen LogP contribution in [0.5, 0.6) is 0 Å². The number of nitrogens with one attached hydrogen (secondary N) is 1. The Morgan fingerprint density at radius 2 is 2.25 bits per heavy atom. The maximum absolute atomic E-state index is 13.3. The Bertz CT molecular complexity index is 663. The molecule has 0 saturated carbocycles. The van der Waals surface area contributed by atoms with E-state index >= 15 is 0 Å².